The van der Waals surface area contributed by atoms with Gasteiger partial charge in [0, 0.05) is 6.42 Å². The highest BCUT2D eigenvalue weighted by Crippen LogP contribution is 2.28. The Labute approximate surface area is 264 Å². The van der Waals surface area contributed by atoms with Crippen molar-refractivity contribution in [1.82, 2.24) is 0 Å². The Bertz CT molecular complexity index is 707. The van der Waals surface area contributed by atoms with Crippen molar-refractivity contribution in [3.8, 4) is 0 Å². The fourth-order valence-corrected chi connectivity index (χ4v) is 6.21. The fourth-order valence-electron chi connectivity index (χ4n) is 6.21. The molecule has 252 valence electrons. The van der Waals surface area contributed by atoms with Gasteiger partial charge in [-0.25, -0.2) is 0 Å². The summed E-state index contributed by atoms with van der Waals surface area (Å²) >= 11 is 0. The van der Waals surface area contributed by atoms with Gasteiger partial charge in [-0.3, -0.25) is 4.79 Å². The summed E-state index contributed by atoms with van der Waals surface area (Å²) in [5.74, 6) is -0.441. The molecule has 1 heterocycles. The number of carbonyl (C=O) groups excluding carboxylic acids is 2. The van der Waals surface area contributed by atoms with Gasteiger partial charge in [-0.15, -0.1) is 0 Å². The van der Waals surface area contributed by atoms with Gasteiger partial charge in [-0.2, -0.15) is 0 Å². The van der Waals surface area contributed by atoms with E-state index in [4.69, 9.17) is 4.74 Å². The topological polar surface area (TPSA) is 104 Å². The molecule has 43 heavy (non-hydrogen) atoms. The number of rotatable bonds is 30. The highest BCUT2D eigenvalue weighted by atomic mass is 16.5. The number of hydrogen-bond donors (Lipinski definition) is 3. The summed E-state index contributed by atoms with van der Waals surface area (Å²) in [6.07, 6.45) is 29.9. The number of ether oxygens (including phenoxy) is 1. The maximum atomic E-state index is 11.8. The van der Waals surface area contributed by atoms with Crippen LogP contribution in [0.15, 0.2) is 12.2 Å². The first-order chi connectivity index (χ1) is 20.8. The molecule has 0 amide bonds. The molecule has 0 radical (unpaired) electrons. The Hall–Kier alpha value is -1.24. The normalized spacial score (nSPS) is 19.1. The molecule has 5 atom stereocenters. The molecule has 0 bridgehead atoms. The minimum Gasteiger partial charge on any atom is -0.462 e. The van der Waals surface area contributed by atoms with Crippen molar-refractivity contribution in [2.75, 3.05) is 0 Å². The van der Waals surface area contributed by atoms with E-state index in [-0.39, 0.29) is 29.9 Å². The Morgan fingerprint density at radius 3 is 1.86 bits per heavy atom. The van der Waals surface area contributed by atoms with E-state index in [2.05, 4.69) is 19.1 Å². The lowest BCUT2D eigenvalue weighted by Gasteiger charge is -2.17. The predicted octanol–water partition coefficient (Wildman–Crippen LogP) is 8.92. The second-order valence-corrected chi connectivity index (χ2v) is 13.3. The van der Waals surface area contributed by atoms with Gasteiger partial charge in [0.1, 0.15) is 11.9 Å². The van der Waals surface area contributed by atoms with E-state index < -0.39 is 12.2 Å². The Morgan fingerprint density at radius 2 is 1.23 bits per heavy atom. The summed E-state index contributed by atoms with van der Waals surface area (Å²) in [6, 6.07) is 0. The molecule has 0 saturated carbocycles. The van der Waals surface area contributed by atoms with Crippen LogP contribution >= 0.6 is 0 Å². The van der Waals surface area contributed by atoms with E-state index in [0.29, 0.717) is 25.7 Å². The third kappa shape index (κ3) is 22.9. The van der Waals surface area contributed by atoms with Crippen LogP contribution in [0.4, 0.5) is 0 Å². The predicted molar refractivity (Wildman–Crippen MR) is 177 cm³/mol. The van der Waals surface area contributed by atoms with Crippen molar-refractivity contribution in [3.63, 3.8) is 0 Å². The van der Waals surface area contributed by atoms with Gasteiger partial charge in [0.2, 0.25) is 0 Å². The highest BCUT2D eigenvalue weighted by molar-refractivity contribution is 5.83. The van der Waals surface area contributed by atoms with Crippen LogP contribution in [0.5, 0.6) is 0 Å². The van der Waals surface area contributed by atoms with Gasteiger partial charge in [-0.1, -0.05) is 115 Å². The number of Topliss-reactive ketones (excluding diaryl/α,β-unsaturated/α-hetero) is 1. The number of esters is 1. The van der Waals surface area contributed by atoms with Gasteiger partial charge in [0.15, 0.2) is 0 Å². The third-order valence-corrected chi connectivity index (χ3v) is 9.01. The zero-order valence-corrected chi connectivity index (χ0v) is 28.0. The Kier molecular flexibility index (Phi) is 25.1. The summed E-state index contributed by atoms with van der Waals surface area (Å²) in [4.78, 5) is 23.1. The summed E-state index contributed by atoms with van der Waals surface area (Å²) in [5, 5.41) is 30.8. The SMILES string of the molecule is CCCCCCCCCCCC/C=C\CC[C@@H](O)[C@@H](O)CCCCCC[C@@H](O)CCCCC[C@@H]1C[C@H](CC(C)=O)C(=O)O1. The maximum absolute atomic E-state index is 11.8. The van der Waals surface area contributed by atoms with Gasteiger partial charge in [-0.05, 0) is 71.1 Å². The summed E-state index contributed by atoms with van der Waals surface area (Å²) in [6.45, 7) is 3.78. The molecule has 6 nitrogen and oxygen atoms in total. The molecule has 0 spiro atoms. The number of hydrogen-bond acceptors (Lipinski definition) is 6. The van der Waals surface area contributed by atoms with E-state index >= 15 is 0 Å². The van der Waals surface area contributed by atoms with Crippen molar-refractivity contribution in [3.05, 3.63) is 12.2 Å². The van der Waals surface area contributed by atoms with Crippen molar-refractivity contribution in [2.45, 2.75) is 205 Å². The Morgan fingerprint density at radius 1 is 0.721 bits per heavy atom. The molecular weight excluding hydrogens is 540 g/mol. The summed E-state index contributed by atoms with van der Waals surface area (Å²) in [7, 11) is 0. The Balaban J connectivity index is 1.89. The van der Waals surface area contributed by atoms with Gasteiger partial charge < -0.3 is 24.9 Å². The molecule has 6 heteroatoms. The molecule has 1 rings (SSSR count). The van der Waals surface area contributed by atoms with Crippen LogP contribution in [-0.4, -0.2) is 51.5 Å². The molecule has 0 aliphatic carbocycles. The number of unbranched alkanes of at least 4 members (excludes halogenated alkanes) is 15. The summed E-state index contributed by atoms with van der Waals surface area (Å²) < 4.78 is 5.40. The lowest BCUT2D eigenvalue weighted by Crippen LogP contribution is -2.25. The van der Waals surface area contributed by atoms with Gasteiger partial charge >= 0.3 is 5.97 Å². The van der Waals surface area contributed by atoms with Crippen LogP contribution in [0.1, 0.15) is 181 Å². The van der Waals surface area contributed by atoms with Crippen LogP contribution in [0.2, 0.25) is 0 Å². The first-order valence-electron chi connectivity index (χ1n) is 18.2. The average Bonchev–Trinajstić information content (AvgIpc) is 3.32. The van der Waals surface area contributed by atoms with E-state index in [1.165, 1.54) is 71.1 Å². The molecule has 1 aliphatic rings. The second-order valence-electron chi connectivity index (χ2n) is 13.3. The van der Waals surface area contributed by atoms with E-state index in [9.17, 15) is 24.9 Å². The highest BCUT2D eigenvalue weighted by Gasteiger charge is 2.34. The van der Waals surface area contributed by atoms with E-state index in [1.807, 2.05) is 0 Å². The molecule has 0 unspecified atom stereocenters. The van der Waals surface area contributed by atoms with Crippen molar-refractivity contribution in [1.29, 1.82) is 0 Å². The zero-order valence-electron chi connectivity index (χ0n) is 28.0. The van der Waals surface area contributed by atoms with Crippen molar-refractivity contribution in [2.24, 2.45) is 5.92 Å². The monoisotopic (exact) mass is 609 g/mol. The molecular formula is C37H68O6. The second kappa shape index (κ2) is 27.1. The third-order valence-electron chi connectivity index (χ3n) is 9.01. The number of aliphatic hydroxyl groups excluding tert-OH is 3. The largest absolute Gasteiger partial charge is 0.462 e. The minimum absolute atomic E-state index is 0.0384. The van der Waals surface area contributed by atoms with E-state index in [0.717, 1.165) is 77.0 Å². The molecule has 1 saturated heterocycles. The molecule has 0 aromatic rings. The molecule has 0 aromatic carbocycles. The zero-order chi connectivity index (χ0) is 31.5. The van der Waals surface area contributed by atoms with Crippen molar-refractivity contribution < 1.29 is 29.6 Å². The van der Waals surface area contributed by atoms with Gasteiger partial charge in [0.05, 0.1) is 24.2 Å². The first kappa shape index (κ1) is 39.8. The lowest BCUT2D eigenvalue weighted by atomic mass is 9.96. The smallest absolute Gasteiger partial charge is 0.309 e. The van der Waals surface area contributed by atoms with Crippen LogP contribution in [0, 0.1) is 5.92 Å². The standard InChI is InChI=1S/C37H68O6/c1-3-4-5-6-7-8-9-10-11-12-13-14-15-22-27-35(40)36(41)28-23-17-16-19-24-33(39)25-20-18-21-26-34-30-32(29-31(2)38)37(42)43-34/h14-15,32-36,39-41H,3-13,16-30H2,1-2H3/b15-14-/t32-,33+,34+,35+,36-/m0/s1. The quantitative estimate of drug-likeness (QED) is 0.0427. The molecule has 1 fully saturated rings. The summed E-state index contributed by atoms with van der Waals surface area (Å²) in [5.41, 5.74) is 0. The van der Waals surface area contributed by atoms with Crippen LogP contribution in [0.3, 0.4) is 0 Å². The number of allylic oxidation sites excluding steroid dienone is 2. The minimum atomic E-state index is -0.647. The molecule has 1 aliphatic heterocycles. The van der Waals surface area contributed by atoms with Crippen LogP contribution in [-0.2, 0) is 14.3 Å². The van der Waals surface area contributed by atoms with Crippen LogP contribution < -0.4 is 0 Å². The average molecular weight is 609 g/mol. The maximum Gasteiger partial charge on any atom is 0.309 e. The number of aliphatic hydroxyl groups is 3. The molecule has 0 aromatic heterocycles. The van der Waals surface area contributed by atoms with Gasteiger partial charge in [0.25, 0.3) is 0 Å². The number of cyclic esters (lactones) is 1. The fraction of sp³-hybridized carbons (Fsp3) is 0.892. The van der Waals surface area contributed by atoms with E-state index in [1.54, 1.807) is 0 Å². The molecule has 3 N–H and O–H groups in total. The van der Waals surface area contributed by atoms with Crippen molar-refractivity contribution >= 4 is 11.8 Å². The van der Waals surface area contributed by atoms with Crippen LogP contribution in [0.25, 0.3) is 0 Å². The lowest BCUT2D eigenvalue weighted by molar-refractivity contribution is -0.145. The number of ketones is 1. The number of carbonyl (C=O) groups is 2. The first-order valence-corrected chi connectivity index (χ1v) is 18.2.